The molecule has 0 rings (SSSR count). The third kappa shape index (κ3) is 2.73. The molecule has 0 aromatic heterocycles. The zero-order valence-electron chi connectivity index (χ0n) is 6.65. The van der Waals surface area contributed by atoms with Crippen LogP contribution in [0.1, 0.15) is 6.92 Å². The largest absolute Gasteiger partial charge is 0.391 e. The average Bonchev–Trinajstić information content (AvgIpc) is 2.01. The van der Waals surface area contributed by atoms with Crippen LogP contribution in [0.3, 0.4) is 0 Å². The Morgan fingerprint density at radius 2 is 1.82 bits per heavy atom. The lowest BCUT2D eigenvalue weighted by atomic mass is 10.5. The van der Waals surface area contributed by atoms with Crippen molar-refractivity contribution in [3.63, 3.8) is 0 Å². The van der Waals surface area contributed by atoms with Gasteiger partial charge in [0.05, 0.1) is 6.10 Å². The molecule has 0 bridgehead atoms. The van der Waals surface area contributed by atoms with Crippen molar-refractivity contribution < 1.29 is 18.7 Å². The lowest BCUT2D eigenvalue weighted by Crippen LogP contribution is -2.18. The molecule has 0 heterocycles. The van der Waals surface area contributed by atoms with Crippen molar-refractivity contribution >= 4 is 19.2 Å². The minimum absolute atomic E-state index is 0.928. The summed E-state index contributed by atoms with van der Waals surface area (Å²) in [5.41, 5.74) is 0. The van der Waals surface area contributed by atoms with E-state index in [1.807, 2.05) is 0 Å². The van der Waals surface area contributed by atoms with Crippen molar-refractivity contribution in [1.29, 1.82) is 0 Å². The van der Waals surface area contributed by atoms with Gasteiger partial charge in [-0.25, -0.2) is 0 Å². The lowest BCUT2D eigenvalue weighted by molar-refractivity contribution is 0.186. The standard InChI is InChI=1S/C5H12ClO4P/c1-4(7)5(6)11(8,9-2)10-3/h4-5,7H,1-3H3. The summed E-state index contributed by atoms with van der Waals surface area (Å²) in [6, 6.07) is 0. The maximum absolute atomic E-state index is 11.4. The molecule has 2 atom stereocenters. The van der Waals surface area contributed by atoms with Gasteiger partial charge in [-0.3, -0.25) is 4.57 Å². The second-order valence-corrected chi connectivity index (χ2v) is 5.16. The molecule has 0 fully saturated rings. The Kier molecular flexibility index (Phi) is 4.59. The number of aliphatic hydroxyl groups is 1. The minimum atomic E-state index is -3.31. The van der Waals surface area contributed by atoms with Gasteiger partial charge in [0.25, 0.3) is 0 Å². The number of halogens is 1. The van der Waals surface area contributed by atoms with Crippen LogP contribution in [0.15, 0.2) is 0 Å². The van der Waals surface area contributed by atoms with E-state index in [-0.39, 0.29) is 0 Å². The number of alkyl halides is 1. The molecule has 0 saturated carbocycles. The van der Waals surface area contributed by atoms with Gasteiger partial charge in [-0.2, -0.15) is 0 Å². The minimum Gasteiger partial charge on any atom is -0.391 e. The van der Waals surface area contributed by atoms with E-state index in [9.17, 15) is 4.57 Å². The van der Waals surface area contributed by atoms with Gasteiger partial charge in [0, 0.05) is 14.2 Å². The van der Waals surface area contributed by atoms with Crippen LogP contribution in [0.5, 0.6) is 0 Å². The summed E-state index contributed by atoms with van der Waals surface area (Å²) in [4.78, 5) is 0. The molecule has 2 unspecified atom stereocenters. The Labute approximate surface area is 71.0 Å². The Morgan fingerprint density at radius 3 is 1.91 bits per heavy atom. The van der Waals surface area contributed by atoms with Crippen LogP contribution in [0.2, 0.25) is 0 Å². The van der Waals surface area contributed by atoms with E-state index < -0.39 is 18.8 Å². The van der Waals surface area contributed by atoms with Crippen LogP contribution in [0.25, 0.3) is 0 Å². The molecule has 0 radical (unpaired) electrons. The first-order valence-corrected chi connectivity index (χ1v) is 5.06. The van der Waals surface area contributed by atoms with E-state index in [0.717, 1.165) is 0 Å². The average molecular weight is 203 g/mol. The molecule has 4 nitrogen and oxygen atoms in total. The molecular weight excluding hydrogens is 190 g/mol. The fraction of sp³-hybridized carbons (Fsp3) is 1.00. The van der Waals surface area contributed by atoms with Gasteiger partial charge >= 0.3 is 7.60 Å². The van der Waals surface area contributed by atoms with Crippen molar-refractivity contribution in [3.05, 3.63) is 0 Å². The Bertz CT molecular complexity index is 153. The van der Waals surface area contributed by atoms with Gasteiger partial charge < -0.3 is 14.2 Å². The van der Waals surface area contributed by atoms with Gasteiger partial charge in [-0.15, -0.1) is 11.6 Å². The topological polar surface area (TPSA) is 55.8 Å². The molecule has 0 spiro atoms. The first-order valence-electron chi connectivity index (χ1n) is 3.01. The second kappa shape index (κ2) is 4.43. The molecule has 0 aliphatic carbocycles. The third-order valence-electron chi connectivity index (χ3n) is 1.21. The molecule has 0 amide bonds. The first-order chi connectivity index (χ1) is 4.98. The van der Waals surface area contributed by atoms with E-state index >= 15 is 0 Å². The Balaban J connectivity index is 4.38. The van der Waals surface area contributed by atoms with E-state index in [4.69, 9.17) is 16.7 Å². The second-order valence-electron chi connectivity index (χ2n) is 2.02. The molecule has 68 valence electrons. The van der Waals surface area contributed by atoms with E-state index in [2.05, 4.69) is 9.05 Å². The van der Waals surface area contributed by atoms with E-state index in [0.29, 0.717) is 0 Å². The van der Waals surface area contributed by atoms with Crippen molar-refractivity contribution in [2.45, 2.75) is 18.1 Å². The molecule has 6 heteroatoms. The summed E-state index contributed by atoms with van der Waals surface area (Å²) in [5.74, 6) is 0. The number of hydrogen-bond donors (Lipinski definition) is 1. The van der Waals surface area contributed by atoms with E-state index in [1.54, 1.807) is 0 Å². The SMILES string of the molecule is COP(=O)(OC)C(Cl)C(C)O. The van der Waals surface area contributed by atoms with Gasteiger partial charge in [-0.1, -0.05) is 0 Å². The predicted molar refractivity (Wildman–Crippen MR) is 42.9 cm³/mol. The summed E-state index contributed by atoms with van der Waals surface area (Å²) in [5, 5.41) is 7.94. The summed E-state index contributed by atoms with van der Waals surface area (Å²) < 4.78 is 20.5. The molecule has 0 aliphatic heterocycles. The molecule has 0 saturated heterocycles. The first kappa shape index (κ1) is 11.4. The monoisotopic (exact) mass is 202 g/mol. The molecule has 11 heavy (non-hydrogen) atoms. The molecule has 1 N–H and O–H groups in total. The highest BCUT2D eigenvalue weighted by atomic mass is 35.5. The fourth-order valence-corrected chi connectivity index (χ4v) is 2.10. The lowest BCUT2D eigenvalue weighted by Gasteiger charge is -2.20. The van der Waals surface area contributed by atoms with Crippen molar-refractivity contribution in [3.8, 4) is 0 Å². The van der Waals surface area contributed by atoms with Crippen LogP contribution in [0.4, 0.5) is 0 Å². The number of rotatable bonds is 4. The van der Waals surface area contributed by atoms with Crippen LogP contribution >= 0.6 is 19.2 Å². The molecule has 0 aromatic carbocycles. The summed E-state index contributed by atoms with van der Waals surface area (Å²) in [6.07, 6.45) is -0.928. The van der Waals surface area contributed by atoms with Crippen LogP contribution in [-0.2, 0) is 13.6 Å². The third-order valence-corrected chi connectivity index (χ3v) is 4.34. The quantitative estimate of drug-likeness (QED) is 0.553. The van der Waals surface area contributed by atoms with Gasteiger partial charge in [0.2, 0.25) is 0 Å². The fourth-order valence-electron chi connectivity index (χ4n) is 0.540. The highest BCUT2D eigenvalue weighted by Crippen LogP contribution is 2.54. The van der Waals surface area contributed by atoms with Gasteiger partial charge in [-0.05, 0) is 6.92 Å². The maximum Gasteiger partial charge on any atom is 0.350 e. The zero-order chi connectivity index (χ0) is 9.07. The Hall–Kier alpha value is 0.400. The maximum atomic E-state index is 11.4. The highest BCUT2D eigenvalue weighted by molar-refractivity contribution is 7.56. The zero-order valence-corrected chi connectivity index (χ0v) is 8.30. The smallest absolute Gasteiger partial charge is 0.350 e. The summed E-state index contributed by atoms with van der Waals surface area (Å²) >= 11 is 5.56. The van der Waals surface area contributed by atoms with E-state index in [1.165, 1.54) is 21.1 Å². The van der Waals surface area contributed by atoms with Gasteiger partial charge in [0.15, 0.2) is 5.12 Å². The number of aliphatic hydroxyl groups excluding tert-OH is 1. The van der Waals surface area contributed by atoms with Crippen LogP contribution in [-0.4, -0.2) is 30.5 Å². The number of hydrogen-bond acceptors (Lipinski definition) is 4. The summed E-state index contributed by atoms with van der Waals surface area (Å²) in [6.45, 7) is 1.42. The van der Waals surface area contributed by atoms with Crippen molar-refractivity contribution in [1.82, 2.24) is 0 Å². The highest BCUT2D eigenvalue weighted by Gasteiger charge is 2.35. The van der Waals surface area contributed by atoms with Gasteiger partial charge in [0.1, 0.15) is 0 Å². The molecule has 0 aromatic rings. The van der Waals surface area contributed by atoms with Crippen LogP contribution < -0.4 is 0 Å². The van der Waals surface area contributed by atoms with Crippen molar-refractivity contribution in [2.24, 2.45) is 0 Å². The predicted octanol–water partition coefficient (Wildman–Crippen LogP) is 1.42. The Morgan fingerprint density at radius 1 is 1.45 bits per heavy atom. The van der Waals surface area contributed by atoms with Crippen LogP contribution in [0, 0.1) is 0 Å². The molecular formula is C5H12ClO4P. The normalized spacial score (nSPS) is 17.9. The van der Waals surface area contributed by atoms with Crippen molar-refractivity contribution in [2.75, 3.05) is 14.2 Å². The molecule has 0 aliphatic rings. The summed E-state index contributed by atoms with van der Waals surface area (Å²) in [7, 11) is -0.864.